The second-order valence-corrected chi connectivity index (χ2v) is 3.79. The van der Waals surface area contributed by atoms with Gasteiger partial charge in [0, 0.05) is 13.2 Å². The largest absolute Gasteiger partial charge is 0.467 e. The molecule has 17 heavy (non-hydrogen) atoms. The number of rotatable bonds is 8. The van der Waals surface area contributed by atoms with Crippen LogP contribution in [0.5, 0.6) is 0 Å². The fourth-order valence-corrected chi connectivity index (χ4v) is 1.27. The van der Waals surface area contributed by atoms with Crippen LogP contribution in [0.15, 0.2) is 22.8 Å². The van der Waals surface area contributed by atoms with Gasteiger partial charge in [0.2, 0.25) is 5.91 Å². The molecule has 0 aliphatic rings. The molecule has 0 saturated carbocycles. The summed E-state index contributed by atoms with van der Waals surface area (Å²) < 4.78 is 10.5. The van der Waals surface area contributed by atoms with Crippen LogP contribution in [0.2, 0.25) is 0 Å². The van der Waals surface area contributed by atoms with E-state index < -0.39 is 6.04 Å². The van der Waals surface area contributed by atoms with Crippen LogP contribution in [0.1, 0.15) is 25.5 Å². The first-order valence-corrected chi connectivity index (χ1v) is 5.87. The molecule has 1 atom stereocenters. The number of ether oxygens (including phenoxy) is 1. The van der Waals surface area contributed by atoms with E-state index in [1.807, 2.05) is 19.1 Å². The Balaban J connectivity index is 1.96. The number of furan rings is 1. The van der Waals surface area contributed by atoms with Crippen LogP contribution in [0.25, 0.3) is 0 Å². The number of carbonyl (C=O) groups is 1. The summed E-state index contributed by atoms with van der Waals surface area (Å²) in [5, 5.41) is 2.76. The topological polar surface area (TPSA) is 77.5 Å². The van der Waals surface area contributed by atoms with E-state index in [2.05, 4.69) is 5.32 Å². The molecule has 1 rings (SSSR count). The summed E-state index contributed by atoms with van der Waals surface area (Å²) in [5.41, 5.74) is 5.57. The van der Waals surface area contributed by atoms with Gasteiger partial charge in [0.1, 0.15) is 12.4 Å². The molecule has 0 aliphatic heterocycles. The molecule has 0 fully saturated rings. The van der Waals surface area contributed by atoms with Gasteiger partial charge < -0.3 is 20.2 Å². The van der Waals surface area contributed by atoms with Crippen molar-refractivity contribution < 1.29 is 13.9 Å². The van der Waals surface area contributed by atoms with Gasteiger partial charge in [-0.1, -0.05) is 6.92 Å². The van der Waals surface area contributed by atoms with E-state index in [0.717, 1.165) is 12.2 Å². The minimum atomic E-state index is -0.404. The molecule has 0 spiro atoms. The van der Waals surface area contributed by atoms with Crippen LogP contribution in [0, 0.1) is 0 Å². The van der Waals surface area contributed by atoms with Crippen molar-refractivity contribution in [2.24, 2.45) is 5.73 Å². The molecule has 0 radical (unpaired) electrons. The third-order valence-corrected chi connectivity index (χ3v) is 2.37. The molecule has 1 heterocycles. The first-order valence-electron chi connectivity index (χ1n) is 5.87. The number of nitrogens with two attached hydrogens (primary N) is 1. The highest BCUT2D eigenvalue weighted by Crippen LogP contribution is 2.01. The minimum absolute atomic E-state index is 0.0986. The number of hydrogen-bond acceptors (Lipinski definition) is 4. The van der Waals surface area contributed by atoms with Crippen molar-refractivity contribution in [2.75, 3.05) is 13.2 Å². The Morgan fingerprint density at radius 2 is 2.47 bits per heavy atom. The van der Waals surface area contributed by atoms with Gasteiger partial charge in [0.15, 0.2) is 0 Å². The van der Waals surface area contributed by atoms with E-state index >= 15 is 0 Å². The molecule has 5 nitrogen and oxygen atoms in total. The quantitative estimate of drug-likeness (QED) is 0.665. The molecular weight excluding hydrogens is 220 g/mol. The summed E-state index contributed by atoms with van der Waals surface area (Å²) in [6.45, 7) is 3.53. The number of nitrogens with one attached hydrogen (secondary N) is 1. The second kappa shape index (κ2) is 7.86. The van der Waals surface area contributed by atoms with Crippen LogP contribution in [0.4, 0.5) is 0 Å². The van der Waals surface area contributed by atoms with Crippen LogP contribution in [0.3, 0.4) is 0 Å². The molecule has 96 valence electrons. The summed E-state index contributed by atoms with van der Waals surface area (Å²) in [7, 11) is 0. The van der Waals surface area contributed by atoms with E-state index in [0.29, 0.717) is 26.2 Å². The maximum absolute atomic E-state index is 11.3. The Hall–Kier alpha value is -1.33. The molecule has 0 saturated heterocycles. The van der Waals surface area contributed by atoms with Gasteiger partial charge in [-0.25, -0.2) is 0 Å². The summed E-state index contributed by atoms with van der Waals surface area (Å²) in [5.74, 6) is 0.709. The summed E-state index contributed by atoms with van der Waals surface area (Å²) in [6, 6.07) is 3.28. The van der Waals surface area contributed by atoms with E-state index in [4.69, 9.17) is 14.9 Å². The smallest absolute Gasteiger partial charge is 0.236 e. The van der Waals surface area contributed by atoms with Crippen molar-refractivity contribution in [2.45, 2.75) is 32.4 Å². The van der Waals surface area contributed by atoms with Gasteiger partial charge >= 0.3 is 0 Å². The highest BCUT2D eigenvalue weighted by Gasteiger charge is 2.08. The number of amides is 1. The van der Waals surface area contributed by atoms with Gasteiger partial charge in [-0.3, -0.25) is 4.79 Å². The standard InChI is InChI=1S/C12H20N2O3/c1-2-11(13)12(15)14-6-4-7-16-9-10-5-3-8-17-10/h3,5,8,11H,2,4,6-7,9,13H2,1H3,(H,14,15). The first-order chi connectivity index (χ1) is 8.24. The van der Waals surface area contributed by atoms with Crippen molar-refractivity contribution in [1.29, 1.82) is 0 Å². The zero-order valence-electron chi connectivity index (χ0n) is 10.1. The van der Waals surface area contributed by atoms with E-state index in [1.165, 1.54) is 0 Å². The summed E-state index contributed by atoms with van der Waals surface area (Å²) in [4.78, 5) is 11.3. The molecule has 3 N–H and O–H groups in total. The monoisotopic (exact) mass is 240 g/mol. The Morgan fingerprint density at radius 3 is 3.12 bits per heavy atom. The maximum atomic E-state index is 11.3. The Kier molecular flexibility index (Phi) is 6.35. The SMILES string of the molecule is CCC(N)C(=O)NCCCOCc1ccco1. The Bertz CT molecular complexity index is 312. The lowest BCUT2D eigenvalue weighted by Gasteiger charge is -2.09. The van der Waals surface area contributed by atoms with Crippen molar-refractivity contribution in [1.82, 2.24) is 5.32 Å². The minimum Gasteiger partial charge on any atom is -0.467 e. The fraction of sp³-hybridized carbons (Fsp3) is 0.583. The lowest BCUT2D eigenvalue weighted by atomic mass is 10.2. The predicted octanol–water partition coefficient (Wildman–Crippen LogP) is 1.04. The van der Waals surface area contributed by atoms with Gasteiger partial charge in [-0.05, 0) is 25.0 Å². The molecule has 1 aromatic heterocycles. The summed E-state index contributed by atoms with van der Waals surface area (Å²) in [6.07, 6.45) is 3.04. The van der Waals surface area contributed by atoms with Crippen LogP contribution < -0.4 is 11.1 Å². The lowest BCUT2D eigenvalue weighted by Crippen LogP contribution is -2.40. The highest BCUT2D eigenvalue weighted by molar-refractivity contribution is 5.81. The van der Waals surface area contributed by atoms with Crippen LogP contribution >= 0.6 is 0 Å². The lowest BCUT2D eigenvalue weighted by molar-refractivity contribution is -0.122. The van der Waals surface area contributed by atoms with Gasteiger partial charge in [-0.2, -0.15) is 0 Å². The molecule has 1 unspecified atom stereocenters. The summed E-state index contributed by atoms with van der Waals surface area (Å²) >= 11 is 0. The predicted molar refractivity (Wildman–Crippen MR) is 64.3 cm³/mol. The first kappa shape index (κ1) is 13.7. The molecule has 0 bridgehead atoms. The van der Waals surface area contributed by atoms with E-state index in [1.54, 1.807) is 6.26 Å². The van der Waals surface area contributed by atoms with Crippen molar-refractivity contribution >= 4 is 5.91 Å². The molecule has 5 heteroatoms. The Labute approximate surface area is 101 Å². The number of hydrogen-bond donors (Lipinski definition) is 2. The van der Waals surface area contributed by atoms with Crippen LogP contribution in [-0.2, 0) is 16.1 Å². The highest BCUT2D eigenvalue weighted by atomic mass is 16.5. The zero-order valence-corrected chi connectivity index (χ0v) is 10.1. The average molecular weight is 240 g/mol. The third kappa shape index (κ3) is 5.51. The fourth-order valence-electron chi connectivity index (χ4n) is 1.27. The number of carbonyl (C=O) groups excluding carboxylic acids is 1. The molecular formula is C12H20N2O3. The zero-order chi connectivity index (χ0) is 12.5. The normalized spacial score (nSPS) is 12.4. The molecule has 0 aliphatic carbocycles. The van der Waals surface area contributed by atoms with Crippen molar-refractivity contribution in [3.8, 4) is 0 Å². The van der Waals surface area contributed by atoms with Crippen molar-refractivity contribution in [3.05, 3.63) is 24.2 Å². The van der Waals surface area contributed by atoms with Gasteiger partial charge in [0.05, 0.1) is 12.3 Å². The third-order valence-electron chi connectivity index (χ3n) is 2.37. The van der Waals surface area contributed by atoms with Crippen molar-refractivity contribution in [3.63, 3.8) is 0 Å². The average Bonchev–Trinajstić information content (AvgIpc) is 2.85. The van der Waals surface area contributed by atoms with E-state index in [9.17, 15) is 4.79 Å². The van der Waals surface area contributed by atoms with E-state index in [-0.39, 0.29) is 5.91 Å². The molecule has 1 amide bonds. The van der Waals surface area contributed by atoms with Gasteiger partial charge in [0.25, 0.3) is 0 Å². The van der Waals surface area contributed by atoms with Gasteiger partial charge in [-0.15, -0.1) is 0 Å². The van der Waals surface area contributed by atoms with Crippen LogP contribution in [-0.4, -0.2) is 25.1 Å². The maximum Gasteiger partial charge on any atom is 0.236 e. The molecule has 1 aromatic rings. The molecule has 0 aromatic carbocycles. The second-order valence-electron chi connectivity index (χ2n) is 3.79. The Morgan fingerprint density at radius 1 is 1.65 bits per heavy atom.